The number of anilines is 1. The molecule has 0 aliphatic heterocycles. The quantitative estimate of drug-likeness (QED) is 0.494. The van der Waals surface area contributed by atoms with Gasteiger partial charge in [-0.1, -0.05) is 52.3 Å². The fourth-order valence-electron chi connectivity index (χ4n) is 3.21. The molecule has 0 bridgehead atoms. The molecule has 0 radical (unpaired) electrons. The highest BCUT2D eigenvalue weighted by molar-refractivity contribution is 9.10. The van der Waals surface area contributed by atoms with E-state index < -0.39 is 0 Å². The molecule has 4 rings (SSSR count). The highest BCUT2D eigenvalue weighted by Gasteiger charge is 2.19. The summed E-state index contributed by atoms with van der Waals surface area (Å²) in [7, 11) is 2.09. The number of aromatic nitrogens is 2. The van der Waals surface area contributed by atoms with E-state index in [1.54, 1.807) is 0 Å². The Morgan fingerprint density at radius 2 is 1.80 bits per heavy atom. The van der Waals surface area contributed by atoms with Crippen molar-refractivity contribution in [2.24, 2.45) is 7.05 Å². The van der Waals surface area contributed by atoms with Crippen LogP contribution in [-0.4, -0.2) is 9.55 Å². The first-order chi connectivity index (χ1) is 12.2. The van der Waals surface area contributed by atoms with Crippen molar-refractivity contribution >= 4 is 32.7 Å². The summed E-state index contributed by atoms with van der Waals surface area (Å²) in [5, 5.41) is 4.83. The third-order valence-corrected chi connectivity index (χ3v) is 4.88. The Bertz CT molecular complexity index is 994. The fraction of sp³-hybridized carbons (Fsp3) is 0.0952. The maximum absolute atomic E-state index is 4.45. The lowest BCUT2D eigenvalue weighted by atomic mass is 9.98. The molecule has 0 saturated carbocycles. The summed E-state index contributed by atoms with van der Waals surface area (Å²) in [5.41, 5.74) is 3.65. The van der Waals surface area contributed by atoms with Gasteiger partial charge in [-0.2, -0.15) is 0 Å². The lowest BCUT2D eigenvalue weighted by Gasteiger charge is -2.20. The molecule has 0 aliphatic carbocycles. The van der Waals surface area contributed by atoms with Gasteiger partial charge in [0.25, 0.3) is 0 Å². The highest BCUT2D eigenvalue weighted by Crippen LogP contribution is 2.34. The Hall–Kier alpha value is -2.59. The lowest BCUT2D eigenvalue weighted by molar-refractivity contribution is 0.902. The molecule has 124 valence electrons. The third kappa shape index (κ3) is 3.17. The average molecular weight is 392 g/mol. The Kier molecular flexibility index (Phi) is 4.28. The topological polar surface area (TPSA) is 29.9 Å². The molecule has 0 spiro atoms. The molecule has 2 heterocycles. The summed E-state index contributed by atoms with van der Waals surface area (Å²) in [4.78, 5) is 4.45. The molecule has 1 N–H and O–H groups in total. The molecule has 3 nitrogen and oxygen atoms in total. The monoisotopic (exact) mass is 391 g/mol. The van der Waals surface area contributed by atoms with Crippen LogP contribution in [0, 0.1) is 0 Å². The molecule has 25 heavy (non-hydrogen) atoms. The summed E-state index contributed by atoms with van der Waals surface area (Å²) in [5.74, 6) is 0.864. The number of benzene rings is 2. The van der Waals surface area contributed by atoms with Crippen molar-refractivity contribution in [2.45, 2.75) is 6.04 Å². The molecule has 1 unspecified atom stereocenters. The number of aryl methyl sites for hydroxylation is 1. The molecular weight excluding hydrogens is 374 g/mol. The molecule has 4 heteroatoms. The Balaban J connectivity index is 1.88. The molecule has 1 atom stereocenters. The second-order valence-electron chi connectivity index (χ2n) is 6.06. The number of pyridine rings is 1. The van der Waals surface area contributed by atoms with Gasteiger partial charge in [-0.05, 0) is 35.9 Å². The number of hydrogen-bond donors (Lipinski definition) is 1. The summed E-state index contributed by atoms with van der Waals surface area (Å²) >= 11 is 3.61. The first-order valence-corrected chi connectivity index (χ1v) is 8.98. The molecule has 0 aliphatic rings. The van der Waals surface area contributed by atoms with Gasteiger partial charge >= 0.3 is 0 Å². The number of hydrogen-bond acceptors (Lipinski definition) is 2. The van der Waals surface area contributed by atoms with Gasteiger partial charge in [0, 0.05) is 40.4 Å². The standard InChI is InChI=1S/C21H18BrN3/c1-25-14-18(17-13-16(22)10-11-19(17)25)21(15-7-3-2-4-8-15)24-20-9-5-6-12-23-20/h2-14,21H,1H3,(H,23,24). The molecule has 0 saturated heterocycles. The first-order valence-electron chi connectivity index (χ1n) is 8.19. The fourth-order valence-corrected chi connectivity index (χ4v) is 3.57. The van der Waals surface area contributed by atoms with E-state index in [2.05, 4.69) is 86.5 Å². The van der Waals surface area contributed by atoms with E-state index in [9.17, 15) is 0 Å². The second kappa shape index (κ2) is 6.73. The number of rotatable bonds is 4. The van der Waals surface area contributed by atoms with E-state index in [1.807, 2.05) is 30.5 Å². The zero-order chi connectivity index (χ0) is 17.2. The lowest BCUT2D eigenvalue weighted by Crippen LogP contribution is -2.13. The average Bonchev–Trinajstić information content (AvgIpc) is 2.97. The third-order valence-electron chi connectivity index (χ3n) is 4.38. The number of nitrogens with one attached hydrogen (secondary N) is 1. The molecular formula is C21H18BrN3. The minimum atomic E-state index is 0.0223. The molecule has 0 amide bonds. The zero-order valence-electron chi connectivity index (χ0n) is 13.9. The van der Waals surface area contributed by atoms with Crippen LogP contribution in [0.1, 0.15) is 17.2 Å². The van der Waals surface area contributed by atoms with Gasteiger partial charge in [0.05, 0.1) is 6.04 Å². The minimum Gasteiger partial charge on any atom is -0.359 e. The Morgan fingerprint density at radius 1 is 1.00 bits per heavy atom. The normalized spacial score (nSPS) is 12.2. The van der Waals surface area contributed by atoms with E-state index in [0.717, 1.165) is 10.3 Å². The van der Waals surface area contributed by atoms with Crippen molar-refractivity contribution in [1.29, 1.82) is 0 Å². The van der Waals surface area contributed by atoms with E-state index in [0.29, 0.717) is 0 Å². The van der Waals surface area contributed by atoms with Crippen LogP contribution in [0.3, 0.4) is 0 Å². The van der Waals surface area contributed by atoms with Crippen molar-refractivity contribution in [3.8, 4) is 0 Å². The minimum absolute atomic E-state index is 0.0223. The van der Waals surface area contributed by atoms with Crippen LogP contribution in [0.5, 0.6) is 0 Å². The smallest absolute Gasteiger partial charge is 0.126 e. The van der Waals surface area contributed by atoms with Gasteiger partial charge in [0.2, 0.25) is 0 Å². The van der Waals surface area contributed by atoms with Crippen LogP contribution in [0.2, 0.25) is 0 Å². The molecule has 2 aromatic heterocycles. The van der Waals surface area contributed by atoms with Crippen molar-refractivity contribution in [3.63, 3.8) is 0 Å². The maximum atomic E-state index is 4.45. The van der Waals surface area contributed by atoms with Gasteiger partial charge in [0.15, 0.2) is 0 Å². The van der Waals surface area contributed by atoms with Crippen molar-refractivity contribution in [2.75, 3.05) is 5.32 Å². The molecule has 2 aromatic carbocycles. The van der Waals surface area contributed by atoms with Crippen LogP contribution in [0.25, 0.3) is 10.9 Å². The number of nitrogens with zero attached hydrogens (tertiary/aromatic N) is 2. The van der Waals surface area contributed by atoms with Crippen LogP contribution in [0.4, 0.5) is 5.82 Å². The van der Waals surface area contributed by atoms with Crippen LogP contribution >= 0.6 is 15.9 Å². The van der Waals surface area contributed by atoms with Crippen LogP contribution in [-0.2, 0) is 7.05 Å². The number of halogens is 1. The Labute approximate surface area is 155 Å². The predicted octanol–water partition coefficient (Wildman–Crippen LogP) is 5.54. The van der Waals surface area contributed by atoms with Crippen LogP contribution in [0.15, 0.2) is 83.6 Å². The van der Waals surface area contributed by atoms with Gasteiger partial charge in [0.1, 0.15) is 5.82 Å². The van der Waals surface area contributed by atoms with Crippen molar-refractivity contribution in [1.82, 2.24) is 9.55 Å². The highest BCUT2D eigenvalue weighted by atomic mass is 79.9. The largest absolute Gasteiger partial charge is 0.359 e. The summed E-state index contributed by atoms with van der Waals surface area (Å²) < 4.78 is 3.25. The van der Waals surface area contributed by atoms with E-state index in [-0.39, 0.29) is 6.04 Å². The van der Waals surface area contributed by atoms with E-state index >= 15 is 0 Å². The summed E-state index contributed by atoms with van der Waals surface area (Å²) in [6.07, 6.45) is 4.01. The van der Waals surface area contributed by atoms with Crippen molar-refractivity contribution < 1.29 is 0 Å². The molecule has 0 fully saturated rings. The van der Waals surface area contributed by atoms with Crippen LogP contribution < -0.4 is 5.32 Å². The van der Waals surface area contributed by atoms with E-state index in [1.165, 1.54) is 22.0 Å². The summed E-state index contributed by atoms with van der Waals surface area (Å²) in [6.45, 7) is 0. The SMILES string of the molecule is Cn1cc(C(Nc2ccccn2)c2ccccc2)c2cc(Br)ccc21. The first kappa shape index (κ1) is 15.9. The van der Waals surface area contributed by atoms with Gasteiger partial charge in [-0.3, -0.25) is 0 Å². The Morgan fingerprint density at radius 3 is 2.56 bits per heavy atom. The second-order valence-corrected chi connectivity index (χ2v) is 6.98. The van der Waals surface area contributed by atoms with Crippen molar-refractivity contribution in [3.05, 3.63) is 94.7 Å². The predicted molar refractivity (Wildman–Crippen MR) is 107 cm³/mol. The van der Waals surface area contributed by atoms with Gasteiger partial charge in [-0.25, -0.2) is 4.98 Å². The maximum Gasteiger partial charge on any atom is 0.126 e. The summed E-state index contributed by atoms with van der Waals surface area (Å²) in [6, 6.07) is 22.8. The zero-order valence-corrected chi connectivity index (χ0v) is 15.4. The number of fused-ring (bicyclic) bond motifs is 1. The van der Waals surface area contributed by atoms with Gasteiger partial charge < -0.3 is 9.88 Å². The van der Waals surface area contributed by atoms with Gasteiger partial charge in [-0.15, -0.1) is 0 Å². The van der Waals surface area contributed by atoms with E-state index in [4.69, 9.17) is 0 Å². The molecule has 4 aromatic rings.